The number of piperidine rings is 1. The number of rotatable bonds is 4. The lowest BCUT2D eigenvalue weighted by Crippen LogP contribution is -2.47. The Morgan fingerprint density at radius 2 is 2.13 bits per heavy atom. The van der Waals surface area contributed by atoms with Gasteiger partial charge >= 0.3 is 0 Å². The highest BCUT2D eigenvalue weighted by atomic mass is 16.5. The topological polar surface area (TPSA) is 44.8 Å². The van der Waals surface area contributed by atoms with Crippen LogP contribution in [0, 0.1) is 0 Å². The van der Waals surface area contributed by atoms with Gasteiger partial charge in [0.2, 0.25) is 0 Å². The van der Waals surface area contributed by atoms with Gasteiger partial charge in [-0.3, -0.25) is 9.69 Å². The van der Waals surface area contributed by atoms with Crippen LogP contribution in [0.25, 0.3) is 0 Å². The standard InChI is InChI=1S/C18H27N3O2/c1-19-17-6-3-7-21(14-17)18(22)16-5-2-4-15(12-16)13-20-8-10-23-11-9-20/h2,4-5,12,17,19H,3,6-11,13-14H2,1H3/t17-/m0/s1. The predicted molar refractivity (Wildman–Crippen MR) is 90.5 cm³/mol. The van der Waals surface area contributed by atoms with Crippen LogP contribution in [0.4, 0.5) is 0 Å². The molecule has 2 fully saturated rings. The molecule has 0 radical (unpaired) electrons. The van der Waals surface area contributed by atoms with E-state index in [1.54, 1.807) is 0 Å². The van der Waals surface area contributed by atoms with Crippen LogP contribution < -0.4 is 5.32 Å². The third kappa shape index (κ3) is 4.31. The van der Waals surface area contributed by atoms with Crippen molar-refractivity contribution in [3.63, 3.8) is 0 Å². The first-order valence-electron chi connectivity index (χ1n) is 8.62. The zero-order valence-corrected chi connectivity index (χ0v) is 14.0. The Hall–Kier alpha value is -1.43. The van der Waals surface area contributed by atoms with Gasteiger partial charge in [-0.15, -0.1) is 0 Å². The average Bonchev–Trinajstić information content (AvgIpc) is 2.62. The molecule has 2 aliphatic heterocycles. The molecule has 0 bridgehead atoms. The molecular weight excluding hydrogens is 290 g/mol. The van der Waals surface area contributed by atoms with Crippen molar-refractivity contribution >= 4 is 5.91 Å². The lowest BCUT2D eigenvalue weighted by Gasteiger charge is -2.32. The Bertz CT molecular complexity index is 529. The van der Waals surface area contributed by atoms with Gasteiger partial charge in [0, 0.05) is 44.3 Å². The fourth-order valence-electron chi connectivity index (χ4n) is 3.40. The Labute approximate surface area is 138 Å². The highest BCUT2D eigenvalue weighted by molar-refractivity contribution is 5.94. The maximum Gasteiger partial charge on any atom is 0.253 e. The summed E-state index contributed by atoms with van der Waals surface area (Å²) < 4.78 is 5.39. The van der Waals surface area contributed by atoms with E-state index in [2.05, 4.69) is 22.3 Å². The molecule has 5 nitrogen and oxygen atoms in total. The summed E-state index contributed by atoms with van der Waals surface area (Å²) in [6.45, 7) is 6.11. The first-order valence-corrected chi connectivity index (χ1v) is 8.62. The fourth-order valence-corrected chi connectivity index (χ4v) is 3.40. The number of nitrogens with one attached hydrogen (secondary N) is 1. The van der Waals surface area contributed by atoms with Crippen LogP contribution in [-0.4, -0.2) is 68.2 Å². The number of likely N-dealkylation sites (N-methyl/N-ethyl adjacent to an activating group) is 1. The number of hydrogen-bond donors (Lipinski definition) is 1. The maximum atomic E-state index is 12.8. The van der Waals surface area contributed by atoms with Crippen molar-refractivity contribution in [2.75, 3.05) is 46.4 Å². The fraction of sp³-hybridized carbons (Fsp3) is 0.611. The zero-order valence-electron chi connectivity index (χ0n) is 14.0. The summed E-state index contributed by atoms with van der Waals surface area (Å²) in [4.78, 5) is 17.1. The van der Waals surface area contributed by atoms with Gasteiger partial charge in [-0.25, -0.2) is 0 Å². The molecule has 2 aliphatic rings. The molecule has 126 valence electrons. The third-order valence-corrected chi connectivity index (χ3v) is 4.80. The Morgan fingerprint density at radius 1 is 1.30 bits per heavy atom. The molecule has 0 spiro atoms. The molecule has 2 heterocycles. The number of carbonyl (C=O) groups excluding carboxylic acids is 1. The summed E-state index contributed by atoms with van der Waals surface area (Å²) in [6, 6.07) is 8.53. The van der Waals surface area contributed by atoms with Gasteiger partial charge in [0.15, 0.2) is 0 Å². The van der Waals surface area contributed by atoms with Crippen LogP contribution in [0.3, 0.4) is 0 Å². The van der Waals surface area contributed by atoms with Crippen molar-refractivity contribution in [1.82, 2.24) is 15.1 Å². The van der Waals surface area contributed by atoms with Crippen molar-refractivity contribution in [2.45, 2.75) is 25.4 Å². The summed E-state index contributed by atoms with van der Waals surface area (Å²) >= 11 is 0. The van der Waals surface area contributed by atoms with E-state index < -0.39 is 0 Å². The molecule has 2 saturated heterocycles. The Balaban J connectivity index is 1.65. The minimum absolute atomic E-state index is 0.161. The Morgan fingerprint density at radius 3 is 2.91 bits per heavy atom. The second-order valence-corrected chi connectivity index (χ2v) is 6.47. The van der Waals surface area contributed by atoms with E-state index in [0.29, 0.717) is 6.04 Å². The first kappa shape index (κ1) is 16.4. The quantitative estimate of drug-likeness (QED) is 0.910. The molecule has 1 aromatic carbocycles. The smallest absolute Gasteiger partial charge is 0.253 e. The van der Waals surface area contributed by atoms with Crippen LogP contribution in [0.1, 0.15) is 28.8 Å². The van der Waals surface area contributed by atoms with Gasteiger partial charge in [0.25, 0.3) is 5.91 Å². The van der Waals surface area contributed by atoms with E-state index in [1.165, 1.54) is 5.56 Å². The number of morpholine rings is 1. The van der Waals surface area contributed by atoms with Crippen LogP contribution in [0.2, 0.25) is 0 Å². The van der Waals surface area contributed by atoms with Gasteiger partial charge in [0.1, 0.15) is 0 Å². The molecule has 0 unspecified atom stereocenters. The summed E-state index contributed by atoms with van der Waals surface area (Å²) in [6.07, 6.45) is 2.22. The highest BCUT2D eigenvalue weighted by Crippen LogP contribution is 2.16. The van der Waals surface area contributed by atoms with Gasteiger partial charge in [-0.2, -0.15) is 0 Å². The SMILES string of the molecule is CN[C@H]1CCCN(C(=O)c2cccc(CN3CCOCC3)c2)C1. The molecule has 0 aromatic heterocycles. The van der Waals surface area contributed by atoms with E-state index in [-0.39, 0.29) is 5.91 Å². The molecule has 1 atom stereocenters. The van der Waals surface area contributed by atoms with E-state index in [0.717, 1.165) is 64.3 Å². The number of likely N-dealkylation sites (tertiary alicyclic amines) is 1. The van der Waals surface area contributed by atoms with Gasteiger partial charge in [-0.1, -0.05) is 12.1 Å². The molecule has 1 aromatic rings. The van der Waals surface area contributed by atoms with Crippen LogP contribution in [-0.2, 0) is 11.3 Å². The summed E-state index contributed by atoms with van der Waals surface area (Å²) in [7, 11) is 1.97. The van der Waals surface area contributed by atoms with Crippen molar-refractivity contribution < 1.29 is 9.53 Å². The van der Waals surface area contributed by atoms with Crippen LogP contribution in [0.15, 0.2) is 24.3 Å². The second kappa shape index (κ2) is 7.90. The average molecular weight is 317 g/mol. The first-order chi connectivity index (χ1) is 11.3. The Kier molecular flexibility index (Phi) is 5.65. The monoisotopic (exact) mass is 317 g/mol. The normalized spacial score (nSPS) is 23.0. The molecule has 0 saturated carbocycles. The number of carbonyl (C=O) groups is 1. The van der Waals surface area contributed by atoms with E-state index >= 15 is 0 Å². The third-order valence-electron chi connectivity index (χ3n) is 4.80. The lowest BCUT2D eigenvalue weighted by atomic mass is 10.0. The minimum Gasteiger partial charge on any atom is -0.379 e. The summed E-state index contributed by atoms with van der Waals surface area (Å²) in [5.74, 6) is 0.161. The van der Waals surface area contributed by atoms with Gasteiger partial charge in [-0.05, 0) is 37.6 Å². The van der Waals surface area contributed by atoms with Gasteiger partial charge < -0.3 is 15.0 Å². The molecule has 1 amide bonds. The molecular formula is C18H27N3O2. The van der Waals surface area contributed by atoms with Crippen molar-refractivity contribution in [3.05, 3.63) is 35.4 Å². The molecule has 5 heteroatoms. The van der Waals surface area contributed by atoms with E-state index in [9.17, 15) is 4.79 Å². The van der Waals surface area contributed by atoms with Crippen molar-refractivity contribution in [1.29, 1.82) is 0 Å². The molecule has 23 heavy (non-hydrogen) atoms. The van der Waals surface area contributed by atoms with E-state index in [1.807, 2.05) is 24.1 Å². The number of hydrogen-bond acceptors (Lipinski definition) is 4. The molecule has 0 aliphatic carbocycles. The van der Waals surface area contributed by atoms with Crippen LogP contribution in [0.5, 0.6) is 0 Å². The minimum atomic E-state index is 0.161. The number of benzene rings is 1. The number of ether oxygens (including phenoxy) is 1. The molecule has 1 N–H and O–H groups in total. The second-order valence-electron chi connectivity index (χ2n) is 6.47. The lowest BCUT2D eigenvalue weighted by molar-refractivity contribution is 0.0341. The largest absolute Gasteiger partial charge is 0.379 e. The van der Waals surface area contributed by atoms with E-state index in [4.69, 9.17) is 4.74 Å². The van der Waals surface area contributed by atoms with Crippen molar-refractivity contribution in [3.8, 4) is 0 Å². The summed E-state index contributed by atoms with van der Waals surface area (Å²) in [5, 5.41) is 3.29. The zero-order chi connectivity index (χ0) is 16.1. The molecule has 3 rings (SSSR count). The van der Waals surface area contributed by atoms with Crippen LogP contribution >= 0.6 is 0 Å². The maximum absolute atomic E-state index is 12.8. The van der Waals surface area contributed by atoms with Gasteiger partial charge in [0.05, 0.1) is 13.2 Å². The predicted octanol–water partition coefficient (Wildman–Crippen LogP) is 1.34. The summed E-state index contributed by atoms with van der Waals surface area (Å²) in [5.41, 5.74) is 2.02. The van der Waals surface area contributed by atoms with Crippen molar-refractivity contribution in [2.24, 2.45) is 0 Å². The highest BCUT2D eigenvalue weighted by Gasteiger charge is 2.23. The number of amides is 1. The number of nitrogens with zero attached hydrogens (tertiary/aromatic N) is 2.